The number of thioether (sulfide) groups is 1. The van der Waals surface area contributed by atoms with Crippen LogP contribution in [0.2, 0.25) is 10.0 Å². The summed E-state index contributed by atoms with van der Waals surface area (Å²) in [6.45, 7) is 6.31. The van der Waals surface area contributed by atoms with Crippen molar-refractivity contribution in [3.05, 3.63) is 73.6 Å². The van der Waals surface area contributed by atoms with E-state index in [1.807, 2.05) is 13.0 Å². The van der Waals surface area contributed by atoms with Crippen LogP contribution in [0.1, 0.15) is 36.5 Å². The van der Waals surface area contributed by atoms with Crippen molar-refractivity contribution in [2.45, 2.75) is 37.6 Å². The number of aryl methyl sites for hydroxylation is 1. The molecule has 4 aromatic rings. The summed E-state index contributed by atoms with van der Waals surface area (Å²) in [5.41, 5.74) is 3.99. The molecule has 0 atom stereocenters. The van der Waals surface area contributed by atoms with E-state index in [4.69, 9.17) is 33.5 Å². The first kappa shape index (κ1) is 21.7. The number of nitrogens with two attached hydrogens (primary N) is 1. The highest BCUT2D eigenvalue weighted by Gasteiger charge is 2.17. The summed E-state index contributed by atoms with van der Waals surface area (Å²) in [6.07, 6.45) is 0. The molecule has 2 N–H and O–H groups in total. The van der Waals surface area contributed by atoms with Gasteiger partial charge in [0.1, 0.15) is 5.58 Å². The van der Waals surface area contributed by atoms with Crippen molar-refractivity contribution in [2.24, 2.45) is 0 Å². The zero-order chi connectivity index (χ0) is 22.3. The van der Waals surface area contributed by atoms with Crippen LogP contribution in [-0.4, -0.2) is 14.9 Å². The lowest BCUT2D eigenvalue weighted by Crippen LogP contribution is -2.12. The monoisotopic (exact) mass is 474 g/mol. The molecule has 9 heteroatoms. The molecule has 0 aliphatic rings. The molecular weight excluding hydrogens is 455 g/mol. The topological polar surface area (TPSA) is 86.9 Å². The van der Waals surface area contributed by atoms with Crippen LogP contribution in [0.3, 0.4) is 0 Å². The van der Waals surface area contributed by atoms with Gasteiger partial charge < -0.3 is 10.3 Å². The molecule has 2 aromatic carbocycles. The third-order valence-corrected chi connectivity index (χ3v) is 6.57. The molecule has 0 spiro atoms. The van der Waals surface area contributed by atoms with E-state index in [0.717, 1.165) is 16.5 Å². The van der Waals surface area contributed by atoms with E-state index >= 15 is 0 Å². The Morgan fingerprint density at radius 1 is 1.16 bits per heavy atom. The number of benzene rings is 2. The third kappa shape index (κ3) is 4.31. The summed E-state index contributed by atoms with van der Waals surface area (Å²) in [5.74, 6) is 7.50. The first-order valence-corrected chi connectivity index (χ1v) is 11.3. The van der Waals surface area contributed by atoms with E-state index in [-0.39, 0.29) is 5.63 Å². The minimum Gasteiger partial charge on any atom is -0.423 e. The van der Waals surface area contributed by atoms with E-state index in [0.29, 0.717) is 43.8 Å². The summed E-state index contributed by atoms with van der Waals surface area (Å²) < 4.78 is 6.82. The maximum absolute atomic E-state index is 12.1. The van der Waals surface area contributed by atoms with Crippen molar-refractivity contribution in [3.8, 4) is 11.4 Å². The second kappa shape index (κ2) is 8.57. The fourth-order valence-corrected chi connectivity index (χ4v) is 4.85. The molecule has 160 valence electrons. The molecule has 0 radical (unpaired) electrons. The highest BCUT2D eigenvalue weighted by atomic mass is 35.5. The predicted octanol–water partition coefficient (Wildman–Crippen LogP) is 5.80. The second-order valence-electron chi connectivity index (χ2n) is 7.54. The van der Waals surface area contributed by atoms with Gasteiger partial charge in [0, 0.05) is 27.8 Å². The van der Waals surface area contributed by atoms with Gasteiger partial charge in [0.05, 0.1) is 5.02 Å². The average Bonchev–Trinajstić information content (AvgIpc) is 3.05. The fraction of sp³-hybridized carbons (Fsp3) is 0.227. The second-order valence-corrected chi connectivity index (χ2v) is 9.33. The largest absolute Gasteiger partial charge is 0.423 e. The van der Waals surface area contributed by atoms with Crippen LogP contribution >= 0.6 is 35.0 Å². The molecule has 0 bridgehead atoms. The normalized spacial score (nSPS) is 11.5. The quantitative estimate of drug-likeness (QED) is 0.223. The van der Waals surface area contributed by atoms with Crippen molar-refractivity contribution in [2.75, 3.05) is 5.84 Å². The van der Waals surface area contributed by atoms with Gasteiger partial charge >= 0.3 is 5.63 Å². The molecule has 31 heavy (non-hydrogen) atoms. The molecule has 0 saturated heterocycles. The van der Waals surface area contributed by atoms with Gasteiger partial charge in [-0.15, -0.1) is 10.2 Å². The molecule has 0 aliphatic heterocycles. The molecule has 0 unspecified atom stereocenters. The van der Waals surface area contributed by atoms with Gasteiger partial charge in [-0.2, -0.15) is 0 Å². The van der Waals surface area contributed by atoms with Crippen molar-refractivity contribution >= 4 is 45.9 Å². The van der Waals surface area contributed by atoms with Gasteiger partial charge in [-0.05, 0) is 59.9 Å². The molecule has 0 saturated carbocycles. The molecule has 4 rings (SSSR count). The van der Waals surface area contributed by atoms with E-state index in [9.17, 15) is 4.79 Å². The minimum atomic E-state index is -0.386. The summed E-state index contributed by atoms with van der Waals surface area (Å²) in [7, 11) is 0. The minimum absolute atomic E-state index is 0.357. The number of halogens is 2. The maximum Gasteiger partial charge on any atom is 0.336 e. The summed E-state index contributed by atoms with van der Waals surface area (Å²) in [4.78, 5) is 12.1. The highest BCUT2D eigenvalue weighted by molar-refractivity contribution is 7.98. The lowest BCUT2D eigenvalue weighted by molar-refractivity contribution is 0.559. The van der Waals surface area contributed by atoms with Gasteiger partial charge in [0.15, 0.2) is 5.82 Å². The van der Waals surface area contributed by atoms with E-state index in [2.05, 4.69) is 30.1 Å². The van der Waals surface area contributed by atoms with Crippen molar-refractivity contribution in [3.63, 3.8) is 0 Å². The van der Waals surface area contributed by atoms with Crippen LogP contribution in [0.15, 0.2) is 50.8 Å². The number of nitrogens with zero attached hydrogens (tertiary/aromatic N) is 3. The van der Waals surface area contributed by atoms with Crippen LogP contribution in [0.25, 0.3) is 22.4 Å². The zero-order valence-corrected chi connectivity index (χ0v) is 19.5. The number of nitrogen functional groups attached to an aromatic ring is 1. The SMILES string of the molecule is Cc1cc2oc(=O)cc(CSc3nnc(-c4ccc(Cl)cc4Cl)n3N)c2cc1C(C)C. The van der Waals surface area contributed by atoms with Crippen LogP contribution in [0.5, 0.6) is 0 Å². The van der Waals surface area contributed by atoms with Gasteiger partial charge in [-0.25, -0.2) is 9.47 Å². The van der Waals surface area contributed by atoms with Gasteiger partial charge in [-0.3, -0.25) is 0 Å². The number of hydrogen-bond acceptors (Lipinski definition) is 6. The van der Waals surface area contributed by atoms with Gasteiger partial charge in [-0.1, -0.05) is 48.8 Å². The highest BCUT2D eigenvalue weighted by Crippen LogP contribution is 2.32. The summed E-state index contributed by atoms with van der Waals surface area (Å²) >= 11 is 13.6. The number of aromatic nitrogens is 3. The Bertz CT molecular complexity index is 1350. The Hall–Kier alpha value is -2.48. The molecule has 0 amide bonds. The summed E-state index contributed by atoms with van der Waals surface area (Å²) in [5, 5.41) is 10.7. The number of fused-ring (bicyclic) bond motifs is 1. The Balaban J connectivity index is 1.68. The van der Waals surface area contributed by atoms with Crippen LogP contribution < -0.4 is 11.5 Å². The average molecular weight is 475 g/mol. The van der Waals surface area contributed by atoms with Gasteiger partial charge in [0.25, 0.3) is 0 Å². The Labute approximate surface area is 193 Å². The predicted molar refractivity (Wildman–Crippen MR) is 126 cm³/mol. The Morgan fingerprint density at radius 2 is 1.94 bits per heavy atom. The Kier molecular flexibility index (Phi) is 6.01. The van der Waals surface area contributed by atoms with Gasteiger partial charge in [0.2, 0.25) is 5.16 Å². The number of hydrogen-bond donors (Lipinski definition) is 1. The molecular formula is C22H20Cl2N4O2S. The van der Waals surface area contributed by atoms with Crippen molar-refractivity contribution in [1.82, 2.24) is 14.9 Å². The molecule has 2 aromatic heterocycles. The smallest absolute Gasteiger partial charge is 0.336 e. The molecule has 6 nitrogen and oxygen atoms in total. The van der Waals surface area contributed by atoms with E-state index in [1.54, 1.807) is 18.2 Å². The lowest BCUT2D eigenvalue weighted by Gasteiger charge is -2.13. The maximum atomic E-state index is 12.1. The standard InChI is InChI=1S/C22H20Cl2N4O2S/c1-11(2)16-9-17-13(7-20(29)30-19(17)6-12(16)3)10-31-22-27-26-21(28(22)25)15-5-4-14(23)8-18(15)24/h4-9,11H,10,25H2,1-3H3. The fourth-order valence-electron chi connectivity index (χ4n) is 3.51. The molecule has 0 fully saturated rings. The zero-order valence-electron chi connectivity index (χ0n) is 17.1. The molecule has 0 aliphatic carbocycles. The van der Waals surface area contributed by atoms with Crippen molar-refractivity contribution < 1.29 is 4.42 Å². The lowest BCUT2D eigenvalue weighted by atomic mass is 9.95. The van der Waals surface area contributed by atoms with Crippen LogP contribution in [0.4, 0.5) is 0 Å². The van der Waals surface area contributed by atoms with E-state index in [1.165, 1.54) is 28.1 Å². The van der Waals surface area contributed by atoms with Crippen LogP contribution in [0, 0.1) is 6.92 Å². The van der Waals surface area contributed by atoms with E-state index < -0.39 is 0 Å². The first-order chi connectivity index (χ1) is 14.7. The Morgan fingerprint density at radius 3 is 2.65 bits per heavy atom. The van der Waals surface area contributed by atoms with Crippen LogP contribution in [-0.2, 0) is 5.75 Å². The van der Waals surface area contributed by atoms with Crippen molar-refractivity contribution in [1.29, 1.82) is 0 Å². The third-order valence-electron chi connectivity index (χ3n) is 5.03. The first-order valence-electron chi connectivity index (χ1n) is 9.60. The summed E-state index contributed by atoms with van der Waals surface area (Å²) in [6, 6.07) is 10.6. The molecule has 2 heterocycles. The number of rotatable bonds is 5.